The summed E-state index contributed by atoms with van der Waals surface area (Å²) >= 11 is 0. The van der Waals surface area contributed by atoms with Crippen LogP contribution in [0.25, 0.3) is 5.69 Å². The van der Waals surface area contributed by atoms with Crippen molar-refractivity contribution in [1.82, 2.24) is 9.47 Å². The molecule has 2 aromatic carbocycles. The summed E-state index contributed by atoms with van der Waals surface area (Å²) in [6, 6.07) is 18.8. The van der Waals surface area contributed by atoms with Gasteiger partial charge in [0.15, 0.2) is 0 Å². The van der Waals surface area contributed by atoms with E-state index in [1.165, 1.54) is 0 Å². The number of aromatic nitrogens is 1. The number of anilines is 1. The molecule has 2 N–H and O–H groups in total. The van der Waals surface area contributed by atoms with Crippen LogP contribution in [-0.4, -0.2) is 53.3 Å². The number of aliphatic hydroxyl groups is 1. The first-order valence-electron chi connectivity index (χ1n) is 10.3. The quantitative estimate of drug-likeness (QED) is 0.632. The number of hydrogen-bond donors (Lipinski definition) is 2. The number of nitrogens with one attached hydrogen (secondary N) is 1. The molecule has 0 spiro atoms. The van der Waals surface area contributed by atoms with Crippen LogP contribution in [0.15, 0.2) is 73.1 Å². The van der Waals surface area contributed by atoms with Crippen molar-refractivity contribution in [3.63, 3.8) is 0 Å². The normalized spacial score (nSPS) is 15.6. The summed E-state index contributed by atoms with van der Waals surface area (Å²) in [7, 11) is 0. The van der Waals surface area contributed by atoms with Gasteiger partial charge in [-0.25, -0.2) is 0 Å². The molecule has 6 nitrogen and oxygen atoms in total. The lowest BCUT2D eigenvalue weighted by Crippen LogP contribution is -2.37. The van der Waals surface area contributed by atoms with Gasteiger partial charge >= 0.3 is 0 Å². The van der Waals surface area contributed by atoms with Crippen LogP contribution in [0.3, 0.4) is 0 Å². The summed E-state index contributed by atoms with van der Waals surface area (Å²) in [5.41, 5.74) is 3.17. The standard InChI is InChI=1S/C24H27N3O3/c28-23(11-14-26-15-17-30-18-16-26)19-3-7-21(8-4-19)25-24(29)20-5-9-22(10-6-20)27-12-1-2-13-27/h1-10,12-13,23,28H,11,14-18H2,(H,25,29). The zero-order valence-electron chi connectivity index (χ0n) is 16.9. The van der Waals surface area contributed by atoms with Crippen molar-refractivity contribution >= 4 is 11.6 Å². The largest absolute Gasteiger partial charge is 0.388 e. The Kier molecular flexibility index (Phi) is 6.59. The molecule has 1 aliphatic rings. The number of amides is 1. The molecular formula is C24H27N3O3. The fraction of sp³-hybridized carbons (Fsp3) is 0.292. The Labute approximate surface area is 176 Å². The summed E-state index contributed by atoms with van der Waals surface area (Å²) in [6.07, 6.45) is 4.09. The maximum Gasteiger partial charge on any atom is 0.255 e. The molecule has 1 aliphatic heterocycles. The van der Waals surface area contributed by atoms with Gasteiger partial charge in [0.2, 0.25) is 0 Å². The second kappa shape index (κ2) is 9.71. The molecule has 1 unspecified atom stereocenters. The van der Waals surface area contributed by atoms with Gasteiger partial charge in [-0.15, -0.1) is 0 Å². The van der Waals surface area contributed by atoms with Crippen LogP contribution in [0.2, 0.25) is 0 Å². The average molecular weight is 405 g/mol. The molecule has 0 radical (unpaired) electrons. The first kappa shape index (κ1) is 20.3. The third kappa shape index (κ3) is 5.16. The smallest absolute Gasteiger partial charge is 0.255 e. The summed E-state index contributed by atoms with van der Waals surface area (Å²) in [5.74, 6) is -0.158. The highest BCUT2D eigenvalue weighted by atomic mass is 16.5. The number of morpholine rings is 1. The van der Waals surface area contributed by atoms with Crippen molar-refractivity contribution in [2.75, 3.05) is 38.2 Å². The Balaban J connectivity index is 1.30. The highest BCUT2D eigenvalue weighted by Crippen LogP contribution is 2.20. The van der Waals surface area contributed by atoms with Crippen LogP contribution in [0.5, 0.6) is 0 Å². The Hall–Kier alpha value is -2.93. The maximum absolute atomic E-state index is 12.5. The minimum Gasteiger partial charge on any atom is -0.388 e. The monoisotopic (exact) mass is 405 g/mol. The second-order valence-corrected chi connectivity index (χ2v) is 7.47. The highest BCUT2D eigenvalue weighted by Gasteiger charge is 2.14. The number of nitrogens with zero attached hydrogens (tertiary/aromatic N) is 2. The molecular weight excluding hydrogens is 378 g/mol. The predicted molar refractivity (Wildman–Crippen MR) is 117 cm³/mol. The van der Waals surface area contributed by atoms with E-state index in [0.29, 0.717) is 17.7 Å². The van der Waals surface area contributed by atoms with E-state index in [1.807, 2.05) is 77.6 Å². The molecule has 156 valence electrons. The number of aliphatic hydroxyl groups excluding tert-OH is 1. The van der Waals surface area contributed by atoms with Gasteiger partial charge in [0.25, 0.3) is 5.91 Å². The first-order chi connectivity index (χ1) is 14.7. The zero-order valence-corrected chi connectivity index (χ0v) is 16.9. The third-order valence-electron chi connectivity index (χ3n) is 5.41. The van der Waals surface area contributed by atoms with Gasteiger partial charge in [-0.3, -0.25) is 9.69 Å². The predicted octanol–water partition coefficient (Wildman–Crippen LogP) is 3.49. The lowest BCUT2D eigenvalue weighted by Gasteiger charge is -2.27. The minimum atomic E-state index is -0.515. The van der Waals surface area contributed by atoms with Gasteiger partial charge in [-0.1, -0.05) is 12.1 Å². The number of benzene rings is 2. The van der Waals surface area contributed by atoms with Crippen LogP contribution in [0.4, 0.5) is 5.69 Å². The molecule has 1 amide bonds. The van der Waals surface area contributed by atoms with E-state index in [0.717, 1.165) is 44.1 Å². The van der Waals surface area contributed by atoms with Crippen LogP contribution < -0.4 is 5.32 Å². The number of hydrogen-bond acceptors (Lipinski definition) is 4. The molecule has 0 saturated carbocycles. The van der Waals surface area contributed by atoms with E-state index in [-0.39, 0.29) is 5.91 Å². The van der Waals surface area contributed by atoms with Crippen molar-refractivity contribution < 1.29 is 14.6 Å². The number of carbonyl (C=O) groups is 1. The minimum absolute atomic E-state index is 0.158. The van der Waals surface area contributed by atoms with Crippen LogP contribution in [0, 0.1) is 0 Å². The van der Waals surface area contributed by atoms with Crippen molar-refractivity contribution in [3.05, 3.63) is 84.2 Å². The SMILES string of the molecule is O=C(Nc1ccc(C(O)CCN2CCOCC2)cc1)c1ccc(-n2cccc2)cc1. The van der Waals surface area contributed by atoms with E-state index in [1.54, 1.807) is 0 Å². The molecule has 0 aliphatic carbocycles. The first-order valence-corrected chi connectivity index (χ1v) is 10.3. The van der Waals surface area contributed by atoms with Crippen molar-refractivity contribution in [2.45, 2.75) is 12.5 Å². The molecule has 3 aromatic rings. The van der Waals surface area contributed by atoms with E-state index in [9.17, 15) is 9.90 Å². The molecule has 1 aromatic heterocycles. The zero-order chi connectivity index (χ0) is 20.8. The summed E-state index contributed by atoms with van der Waals surface area (Å²) in [4.78, 5) is 14.8. The van der Waals surface area contributed by atoms with Crippen molar-refractivity contribution in [1.29, 1.82) is 0 Å². The summed E-state index contributed by atoms with van der Waals surface area (Å²) in [6.45, 7) is 4.22. The summed E-state index contributed by atoms with van der Waals surface area (Å²) < 4.78 is 7.34. The van der Waals surface area contributed by atoms with Crippen LogP contribution >= 0.6 is 0 Å². The average Bonchev–Trinajstić information content (AvgIpc) is 3.34. The van der Waals surface area contributed by atoms with Gasteiger partial charge in [0.1, 0.15) is 0 Å². The second-order valence-electron chi connectivity index (χ2n) is 7.47. The van der Waals surface area contributed by atoms with Gasteiger partial charge in [-0.05, 0) is 60.5 Å². The maximum atomic E-state index is 12.5. The third-order valence-corrected chi connectivity index (χ3v) is 5.41. The topological polar surface area (TPSA) is 66.7 Å². The van der Waals surface area contributed by atoms with Gasteiger partial charge in [-0.2, -0.15) is 0 Å². The molecule has 1 atom stereocenters. The fourth-order valence-corrected chi connectivity index (χ4v) is 3.58. The lowest BCUT2D eigenvalue weighted by atomic mass is 10.1. The Morgan fingerprint density at radius 2 is 1.67 bits per heavy atom. The van der Waals surface area contributed by atoms with Gasteiger partial charge in [0, 0.05) is 49.0 Å². The van der Waals surface area contributed by atoms with Gasteiger partial charge < -0.3 is 19.7 Å². The number of rotatable bonds is 7. The van der Waals surface area contributed by atoms with Crippen LogP contribution in [0.1, 0.15) is 28.4 Å². The van der Waals surface area contributed by atoms with Crippen molar-refractivity contribution in [3.8, 4) is 5.69 Å². The van der Waals surface area contributed by atoms with Crippen LogP contribution in [-0.2, 0) is 4.74 Å². The number of carbonyl (C=O) groups excluding carboxylic acids is 1. The van der Waals surface area contributed by atoms with E-state index < -0.39 is 6.10 Å². The molecule has 4 rings (SSSR count). The van der Waals surface area contributed by atoms with Gasteiger partial charge in [0.05, 0.1) is 19.3 Å². The summed E-state index contributed by atoms with van der Waals surface area (Å²) in [5, 5.41) is 13.4. The molecule has 0 bridgehead atoms. The molecule has 30 heavy (non-hydrogen) atoms. The van der Waals surface area contributed by atoms with E-state index in [2.05, 4.69) is 10.2 Å². The highest BCUT2D eigenvalue weighted by molar-refractivity contribution is 6.04. The van der Waals surface area contributed by atoms with E-state index in [4.69, 9.17) is 4.74 Å². The lowest BCUT2D eigenvalue weighted by molar-refractivity contribution is 0.0300. The Morgan fingerprint density at radius 3 is 2.33 bits per heavy atom. The Morgan fingerprint density at radius 1 is 1.00 bits per heavy atom. The molecule has 6 heteroatoms. The fourth-order valence-electron chi connectivity index (χ4n) is 3.58. The molecule has 1 saturated heterocycles. The molecule has 2 heterocycles. The van der Waals surface area contributed by atoms with Crippen molar-refractivity contribution in [2.24, 2.45) is 0 Å². The molecule has 1 fully saturated rings. The van der Waals surface area contributed by atoms with E-state index >= 15 is 0 Å². The number of ether oxygens (including phenoxy) is 1. The Bertz CT molecular complexity index is 931.